The van der Waals surface area contributed by atoms with Gasteiger partial charge in [0.25, 0.3) is 0 Å². The van der Waals surface area contributed by atoms with Crippen LogP contribution >= 0.6 is 11.8 Å². The molecule has 25 heavy (non-hydrogen) atoms. The highest BCUT2D eigenvalue weighted by molar-refractivity contribution is 8.00. The zero-order valence-electron chi connectivity index (χ0n) is 15.5. The fraction of sp³-hybridized carbons (Fsp3) is 0.900. The van der Waals surface area contributed by atoms with Gasteiger partial charge >= 0.3 is 0 Å². The summed E-state index contributed by atoms with van der Waals surface area (Å²) in [6.45, 7) is 8.19. The SMILES string of the molecule is C1=C\CCC(N2CCOCC2)C2CCC(S2)C(N2CCOCC2)CC/1. The predicted molar refractivity (Wildman–Crippen MR) is 104 cm³/mol. The van der Waals surface area contributed by atoms with Gasteiger partial charge in [0.05, 0.1) is 26.4 Å². The van der Waals surface area contributed by atoms with E-state index in [9.17, 15) is 0 Å². The summed E-state index contributed by atoms with van der Waals surface area (Å²) in [5.41, 5.74) is 0. The summed E-state index contributed by atoms with van der Waals surface area (Å²) >= 11 is 2.33. The van der Waals surface area contributed by atoms with E-state index >= 15 is 0 Å². The third kappa shape index (κ3) is 4.62. The molecule has 4 aliphatic rings. The van der Waals surface area contributed by atoms with Crippen LogP contribution in [0.5, 0.6) is 0 Å². The third-order valence-electron chi connectivity index (χ3n) is 6.40. The second kappa shape index (κ2) is 9.23. The van der Waals surface area contributed by atoms with E-state index in [1.54, 1.807) is 0 Å². The minimum absolute atomic E-state index is 0.743. The molecule has 4 atom stereocenters. The Morgan fingerprint density at radius 1 is 0.640 bits per heavy atom. The number of hydrogen-bond donors (Lipinski definition) is 0. The molecule has 4 rings (SSSR count). The molecule has 5 heteroatoms. The molecule has 0 amide bonds. The van der Waals surface area contributed by atoms with E-state index in [0.29, 0.717) is 0 Å². The van der Waals surface area contributed by atoms with Crippen LogP contribution in [0.25, 0.3) is 0 Å². The molecule has 3 saturated heterocycles. The first-order chi connectivity index (χ1) is 12.4. The van der Waals surface area contributed by atoms with Crippen LogP contribution in [0.3, 0.4) is 0 Å². The zero-order valence-corrected chi connectivity index (χ0v) is 16.3. The van der Waals surface area contributed by atoms with Crippen molar-refractivity contribution in [3.8, 4) is 0 Å². The smallest absolute Gasteiger partial charge is 0.0594 e. The molecule has 0 radical (unpaired) electrons. The van der Waals surface area contributed by atoms with Crippen LogP contribution in [-0.4, -0.2) is 85.0 Å². The van der Waals surface area contributed by atoms with Crippen molar-refractivity contribution in [2.24, 2.45) is 0 Å². The molecule has 0 aromatic rings. The summed E-state index contributed by atoms with van der Waals surface area (Å²) in [5.74, 6) is 0. The van der Waals surface area contributed by atoms with Crippen LogP contribution in [0.2, 0.25) is 0 Å². The highest BCUT2D eigenvalue weighted by Gasteiger charge is 2.39. The molecule has 0 saturated carbocycles. The van der Waals surface area contributed by atoms with Crippen molar-refractivity contribution in [1.82, 2.24) is 9.80 Å². The van der Waals surface area contributed by atoms with E-state index < -0.39 is 0 Å². The van der Waals surface area contributed by atoms with Crippen LogP contribution in [0, 0.1) is 0 Å². The highest BCUT2D eigenvalue weighted by atomic mass is 32.2. The summed E-state index contributed by atoms with van der Waals surface area (Å²) in [4.78, 5) is 5.47. The van der Waals surface area contributed by atoms with Crippen molar-refractivity contribution in [1.29, 1.82) is 0 Å². The highest BCUT2D eigenvalue weighted by Crippen LogP contribution is 2.42. The quantitative estimate of drug-likeness (QED) is 0.700. The molecule has 0 aliphatic carbocycles. The molecular formula is C20H34N2O2S. The lowest BCUT2D eigenvalue weighted by Crippen LogP contribution is -2.48. The topological polar surface area (TPSA) is 24.9 Å². The lowest BCUT2D eigenvalue weighted by atomic mass is 9.96. The average Bonchev–Trinajstić information content (AvgIpc) is 3.12. The van der Waals surface area contributed by atoms with Crippen molar-refractivity contribution >= 4 is 11.8 Å². The Morgan fingerprint density at radius 3 is 1.52 bits per heavy atom. The molecule has 2 bridgehead atoms. The Bertz CT molecular complexity index is 397. The average molecular weight is 367 g/mol. The van der Waals surface area contributed by atoms with Crippen molar-refractivity contribution in [2.75, 3.05) is 52.6 Å². The van der Waals surface area contributed by atoms with Crippen LogP contribution in [0.4, 0.5) is 0 Å². The molecule has 4 nitrogen and oxygen atoms in total. The standard InChI is InChI=1S/C20H34N2O2S/c1-2-4-6-18(22-11-15-24-16-12-22)20-8-7-19(25-20)17(5-3-1)21-9-13-23-14-10-21/h1-2,17-20H,3-16H2/b2-1-. The number of allylic oxidation sites excluding steroid dienone is 2. The number of thioether (sulfide) groups is 1. The Hall–Kier alpha value is -0.0700. The molecule has 3 fully saturated rings. The van der Waals surface area contributed by atoms with Gasteiger partial charge in [-0.2, -0.15) is 11.8 Å². The van der Waals surface area contributed by atoms with Gasteiger partial charge in [0.2, 0.25) is 0 Å². The van der Waals surface area contributed by atoms with Crippen LogP contribution in [0.15, 0.2) is 12.2 Å². The lowest BCUT2D eigenvalue weighted by Gasteiger charge is -2.39. The lowest BCUT2D eigenvalue weighted by molar-refractivity contribution is 0.0133. The molecule has 0 aromatic heterocycles. The van der Waals surface area contributed by atoms with Gasteiger partial charge < -0.3 is 9.47 Å². The summed E-state index contributed by atoms with van der Waals surface area (Å²) in [6.07, 6.45) is 12.8. The van der Waals surface area contributed by atoms with Gasteiger partial charge in [0, 0.05) is 48.8 Å². The summed E-state index contributed by atoms with van der Waals surface area (Å²) in [5, 5.41) is 1.64. The van der Waals surface area contributed by atoms with Gasteiger partial charge in [-0.05, 0) is 38.5 Å². The van der Waals surface area contributed by atoms with E-state index in [-0.39, 0.29) is 0 Å². The number of rotatable bonds is 2. The maximum Gasteiger partial charge on any atom is 0.0594 e. The Balaban J connectivity index is 1.47. The molecule has 0 aromatic carbocycles. The maximum atomic E-state index is 5.61. The van der Waals surface area contributed by atoms with Crippen LogP contribution in [0.1, 0.15) is 38.5 Å². The molecule has 0 N–H and O–H groups in total. The van der Waals surface area contributed by atoms with Gasteiger partial charge in [-0.15, -0.1) is 0 Å². The van der Waals surface area contributed by atoms with E-state index in [1.807, 2.05) is 0 Å². The number of fused-ring (bicyclic) bond motifs is 2. The first kappa shape index (κ1) is 18.3. The first-order valence-electron chi connectivity index (χ1n) is 10.4. The zero-order chi connectivity index (χ0) is 16.9. The fourth-order valence-electron chi connectivity index (χ4n) is 5.05. The van der Waals surface area contributed by atoms with Crippen LogP contribution in [-0.2, 0) is 9.47 Å². The predicted octanol–water partition coefficient (Wildman–Crippen LogP) is 2.78. The molecular weight excluding hydrogens is 332 g/mol. The number of morpholine rings is 2. The Labute approximate surface area is 157 Å². The van der Waals surface area contributed by atoms with E-state index in [2.05, 4.69) is 33.7 Å². The van der Waals surface area contributed by atoms with Gasteiger partial charge in [-0.1, -0.05) is 12.2 Å². The van der Waals surface area contributed by atoms with Crippen molar-refractivity contribution in [2.45, 2.75) is 61.1 Å². The largest absolute Gasteiger partial charge is 0.379 e. The summed E-state index contributed by atoms with van der Waals surface area (Å²) in [6, 6.07) is 1.49. The van der Waals surface area contributed by atoms with Gasteiger partial charge in [-0.3, -0.25) is 9.80 Å². The maximum absolute atomic E-state index is 5.61. The first-order valence-corrected chi connectivity index (χ1v) is 11.3. The molecule has 142 valence electrons. The fourth-order valence-corrected chi connectivity index (χ4v) is 7.02. The number of hydrogen-bond acceptors (Lipinski definition) is 5. The van der Waals surface area contributed by atoms with Crippen LogP contribution < -0.4 is 0 Å². The van der Waals surface area contributed by atoms with Crippen molar-refractivity contribution in [3.63, 3.8) is 0 Å². The van der Waals surface area contributed by atoms with E-state index in [0.717, 1.165) is 75.2 Å². The minimum Gasteiger partial charge on any atom is -0.379 e. The molecule has 4 unspecified atom stereocenters. The Morgan fingerprint density at radius 2 is 1.08 bits per heavy atom. The van der Waals surface area contributed by atoms with Gasteiger partial charge in [-0.25, -0.2) is 0 Å². The third-order valence-corrected chi connectivity index (χ3v) is 8.20. The second-order valence-corrected chi connectivity index (χ2v) is 9.33. The minimum atomic E-state index is 0.743. The van der Waals surface area contributed by atoms with E-state index in [1.165, 1.54) is 38.5 Å². The van der Waals surface area contributed by atoms with Gasteiger partial charge in [0.1, 0.15) is 0 Å². The monoisotopic (exact) mass is 366 g/mol. The normalized spacial score (nSPS) is 40.5. The molecule has 4 aliphatic heterocycles. The second-order valence-electron chi connectivity index (χ2n) is 7.85. The number of nitrogens with zero attached hydrogens (tertiary/aromatic N) is 2. The molecule has 0 spiro atoms. The van der Waals surface area contributed by atoms with Crippen molar-refractivity contribution in [3.05, 3.63) is 12.2 Å². The van der Waals surface area contributed by atoms with Crippen molar-refractivity contribution < 1.29 is 9.47 Å². The van der Waals surface area contributed by atoms with E-state index in [4.69, 9.17) is 9.47 Å². The Kier molecular flexibility index (Phi) is 6.75. The van der Waals surface area contributed by atoms with Gasteiger partial charge in [0.15, 0.2) is 0 Å². The molecule has 4 heterocycles. The summed E-state index contributed by atoms with van der Waals surface area (Å²) in [7, 11) is 0. The summed E-state index contributed by atoms with van der Waals surface area (Å²) < 4.78 is 11.2. The number of ether oxygens (including phenoxy) is 2.